The van der Waals surface area contributed by atoms with E-state index in [1.807, 2.05) is 0 Å². The molecule has 0 aliphatic heterocycles. The van der Waals surface area contributed by atoms with Gasteiger partial charge >= 0.3 is 0 Å². The van der Waals surface area contributed by atoms with Crippen LogP contribution in [0.4, 0.5) is 0 Å². The molecule has 1 N–H and O–H groups in total. The predicted octanol–water partition coefficient (Wildman–Crippen LogP) is 1.56. The van der Waals surface area contributed by atoms with E-state index < -0.39 is 0 Å². The first-order valence-electron chi connectivity index (χ1n) is 5.79. The zero-order chi connectivity index (χ0) is 13.0. The van der Waals surface area contributed by atoms with Gasteiger partial charge in [0, 0.05) is 11.5 Å². The maximum absolute atomic E-state index is 11.4. The third-order valence-electron chi connectivity index (χ3n) is 2.76. The van der Waals surface area contributed by atoms with Crippen LogP contribution in [0.3, 0.4) is 0 Å². The van der Waals surface area contributed by atoms with Gasteiger partial charge in [-0.15, -0.1) is 0 Å². The lowest BCUT2D eigenvalue weighted by molar-refractivity contribution is -0.122. The Morgan fingerprint density at radius 2 is 2.17 bits per heavy atom. The SMILES string of the molecule is COc1ccc(OC)c(/C=N\NC(=O)C2CC2)c1. The second-order valence-corrected chi connectivity index (χ2v) is 4.12. The van der Waals surface area contributed by atoms with E-state index in [0.29, 0.717) is 11.5 Å². The fourth-order valence-electron chi connectivity index (χ4n) is 1.54. The Kier molecular flexibility index (Phi) is 3.82. The number of hydrogen-bond donors (Lipinski definition) is 1. The number of methoxy groups -OCH3 is 2. The van der Waals surface area contributed by atoms with Crippen LogP contribution in [0.2, 0.25) is 0 Å². The topological polar surface area (TPSA) is 59.9 Å². The normalized spacial score (nSPS) is 14.6. The third-order valence-corrected chi connectivity index (χ3v) is 2.76. The molecule has 1 aromatic rings. The number of hydrazone groups is 1. The summed E-state index contributed by atoms with van der Waals surface area (Å²) in [7, 11) is 3.18. The number of benzene rings is 1. The summed E-state index contributed by atoms with van der Waals surface area (Å²) in [6.07, 6.45) is 3.48. The summed E-state index contributed by atoms with van der Waals surface area (Å²) in [6, 6.07) is 5.40. The number of nitrogens with zero attached hydrogens (tertiary/aromatic N) is 1. The summed E-state index contributed by atoms with van der Waals surface area (Å²) < 4.78 is 10.3. The molecule has 5 heteroatoms. The van der Waals surface area contributed by atoms with Crippen LogP contribution < -0.4 is 14.9 Å². The van der Waals surface area contributed by atoms with E-state index in [0.717, 1.165) is 18.4 Å². The van der Waals surface area contributed by atoms with Gasteiger partial charge in [-0.05, 0) is 31.0 Å². The summed E-state index contributed by atoms with van der Waals surface area (Å²) in [5.41, 5.74) is 3.27. The van der Waals surface area contributed by atoms with Crippen molar-refractivity contribution in [1.82, 2.24) is 5.43 Å². The Bertz CT molecular complexity index is 467. The number of nitrogens with one attached hydrogen (secondary N) is 1. The Labute approximate surface area is 106 Å². The fraction of sp³-hybridized carbons (Fsp3) is 0.385. The van der Waals surface area contributed by atoms with Gasteiger partial charge in [0.05, 0.1) is 20.4 Å². The molecule has 0 unspecified atom stereocenters. The molecule has 0 radical (unpaired) electrons. The molecule has 1 aromatic carbocycles. The molecule has 0 spiro atoms. The first-order valence-corrected chi connectivity index (χ1v) is 5.79. The van der Waals surface area contributed by atoms with Gasteiger partial charge in [0.2, 0.25) is 5.91 Å². The Balaban J connectivity index is 2.05. The smallest absolute Gasteiger partial charge is 0.243 e. The van der Waals surface area contributed by atoms with Gasteiger partial charge < -0.3 is 9.47 Å². The van der Waals surface area contributed by atoms with Crippen molar-refractivity contribution in [2.75, 3.05) is 14.2 Å². The van der Waals surface area contributed by atoms with Gasteiger partial charge in [0.1, 0.15) is 11.5 Å². The van der Waals surface area contributed by atoms with E-state index in [4.69, 9.17) is 9.47 Å². The molecule has 0 heterocycles. The van der Waals surface area contributed by atoms with Crippen molar-refractivity contribution in [2.45, 2.75) is 12.8 Å². The summed E-state index contributed by atoms with van der Waals surface area (Å²) in [6.45, 7) is 0. The van der Waals surface area contributed by atoms with Gasteiger partial charge in [-0.2, -0.15) is 5.10 Å². The standard InChI is InChI=1S/C13H16N2O3/c1-17-11-5-6-12(18-2)10(7-11)8-14-15-13(16)9-3-4-9/h5-9H,3-4H2,1-2H3,(H,15,16)/b14-8-. The Hall–Kier alpha value is -2.04. The first-order chi connectivity index (χ1) is 8.74. The van der Waals surface area contributed by atoms with Crippen molar-refractivity contribution >= 4 is 12.1 Å². The molecular weight excluding hydrogens is 232 g/mol. The van der Waals surface area contributed by atoms with Gasteiger partial charge in [0.15, 0.2) is 0 Å². The number of rotatable bonds is 5. The molecule has 1 aliphatic rings. The van der Waals surface area contributed by atoms with Gasteiger partial charge in [0.25, 0.3) is 0 Å². The first kappa shape index (κ1) is 12.4. The quantitative estimate of drug-likeness (QED) is 0.635. The molecule has 96 valence electrons. The van der Waals surface area contributed by atoms with E-state index in [1.165, 1.54) is 0 Å². The highest BCUT2D eigenvalue weighted by Crippen LogP contribution is 2.28. The second kappa shape index (κ2) is 5.53. The van der Waals surface area contributed by atoms with Gasteiger partial charge in [-0.1, -0.05) is 0 Å². The highest BCUT2D eigenvalue weighted by Gasteiger charge is 2.29. The van der Waals surface area contributed by atoms with Crippen LogP contribution in [-0.2, 0) is 4.79 Å². The maximum Gasteiger partial charge on any atom is 0.243 e. The number of amides is 1. The minimum absolute atomic E-state index is 0.0203. The molecule has 1 aliphatic carbocycles. The molecular formula is C13H16N2O3. The molecule has 1 saturated carbocycles. The van der Waals surface area contributed by atoms with Crippen LogP contribution in [0.15, 0.2) is 23.3 Å². The van der Waals surface area contributed by atoms with Crippen molar-refractivity contribution in [1.29, 1.82) is 0 Å². The Morgan fingerprint density at radius 1 is 1.39 bits per heavy atom. The zero-order valence-corrected chi connectivity index (χ0v) is 10.5. The van der Waals surface area contributed by atoms with Crippen molar-refractivity contribution < 1.29 is 14.3 Å². The number of hydrogen-bond acceptors (Lipinski definition) is 4. The number of ether oxygens (including phenoxy) is 2. The maximum atomic E-state index is 11.4. The van der Waals surface area contributed by atoms with Crippen molar-refractivity contribution in [3.8, 4) is 11.5 Å². The van der Waals surface area contributed by atoms with Gasteiger partial charge in [-0.25, -0.2) is 5.43 Å². The highest BCUT2D eigenvalue weighted by molar-refractivity contribution is 5.86. The number of carbonyl (C=O) groups is 1. The fourth-order valence-corrected chi connectivity index (χ4v) is 1.54. The molecule has 0 atom stereocenters. The largest absolute Gasteiger partial charge is 0.497 e. The van der Waals surface area contributed by atoms with E-state index in [9.17, 15) is 4.79 Å². The molecule has 0 bridgehead atoms. The average molecular weight is 248 g/mol. The lowest BCUT2D eigenvalue weighted by Crippen LogP contribution is -2.19. The van der Waals surface area contributed by atoms with Crippen LogP contribution in [0.25, 0.3) is 0 Å². The average Bonchev–Trinajstić information content (AvgIpc) is 3.22. The molecule has 0 aromatic heterocycles. The summed E-state index contributed by atoms with van der Waals surface area (Å²) in [5.74, 6) is 1.52. The molecule has 2 rings (SSSR count). The summed E-state index contributed by atoms with van der Waals surface area (Å²) >= 11 is 0. The van der Waals surface area contributed by atoms with E-state index >= 15 is 0 Å². The van der Waals surface area contributed by atoms with Crippen molar-refractivity contribution in [2.24, 2.45) is 11.0 Å². The van der Waals surface area contributed by atoms with E-state index in [-0.39, 0.29) is 11.8 Å². The van der Waals surface area contributed by atoms with Crippen molar-refractivity contribution in [3.63, 3.8) is 0 Å². The zero-order valence-electron chi connectivity index (χ0n) is 10.5. The summed E-state index contributed by atoms with van der Waals surface area (Å²) in [5, 5.41) is 3.93. The lowest BCUT2D eigenvalue weighted by Gasteiger charge is -2.06. The van der Waals surface area contributed by atoms with Crippen LogP contribution in [0.1, 0.15) is 18.4 Å². The summed E-state index contributed by atoms with van der Waals surface area (Å²) in [4.78, 5) is 11.4. The highest BCUT2D eigenvalue weighted by atomic mass is 16.5. The predicted molar refractivity (Wildman–Crippen MR) is 68.0 cm³/mol. The molecule has 0 saturated heterocycles. The van der Waals surface area contributed by atoms with Crippen LogP contribution in [0, 0.1) is 5.92 Å². The van der Waals surface area contributed by atoms with Gasteiger partial charge in [-0.3, -0.25) is 4.79 Å². The molecule has 1 amide bonds. The monoisotopic (exact) mass is 248 g/mol. The Morgan fingerprint density at radius 3 is 2.78 bits per heavy atom. The minimum Gasteiger partial charge on any atom is -0.497 e. The third kappa shape index (κ3) is 3.00. The van der Waals surface area contributed by atoms with E-state index in [1.54, 1.807) is 38.6 Å². The van der Waals surface area contributed by atoms with Crippen LogP contribution in [0.5, 0.6) is 11.5 Å². The van der Waals surface area contributed by atoms with E-state index in [2.05, 4.69) is 10.5 Å². The molecule has 18 heavy (non-hydrogen) atoms. The molecule has 5 nitrogen and oxygen atoms in total. The second-order valence-electron chi connectivity index (χ2n) is 4.12. The van der Waals surface area contributed by atoms with Crippen molar-refractivity contribution in [3.05, 3.63) is 23.8 Å². The molecule has 1 fully saturated rings. The number of carbonyl (C=O) groups excluding carboxylic acids is 1. The minimum atomic E-state index is -0.0203. The lowest BCUT2D eigenvalue weighted by atomic mass is 10.2. The van der Waals surface area contributed by atoms with Crippen LogP contribution >= 0.6 is 0 Å². The van der Waals surface area contributed by atoms with Crippen LogP contribution in [-0.4, -0.2) is 26.3 Å².